The number of aliphatic imine (C=N–C) groups is 1. The summed E-state index contributed by atoms with van der Waals surface area (Å²) in [5, 5.41) is 13.4. The van der Waals surface area contributed by atoms with E-state index in [2.05, 4.69) is 10.3 Å². The van der Waals surface area contributed by atoms with Gasteiger partial charge in [-0.2, -0.15) is 0 Å². The summed E-state index contributed by atoms with van der Waals surface area (Å²) in [6.07, 6.45) is 1.69. The molecule has 0 aliphatic carbocycles. The molecule has 2 aromatic carbocycles. The monoisotopic (exact) mass is 364 g/mol. The Labute approximate surface area is 146 Å². The van der Waals surface area contributed by atoms with Crippen LogP contribution >= 0.6 is 35.0 Å². The molecule has 1 heterocycles. The standard InChI is InChI=1S/C16H10Cl2N2O2S/c17-10-2-1-3-11(8-10)19-16-20-15(22)14(23-16)7-9-4-5-13(21)12(18)6-9/h1-8,21H,(H,19,20,22). The van der Waals surface area contributed by atoms with Crippen LogP contribution in [0.1, 0.15) is 5.56 Å². The lowest BCUT2D eigenvalue weighted by atomic mass is 10.2. The van der Waals surface area contributed by atoms with E-state index in [9.17, 15) is 9.90 Å². The lowest BCUT2D eigenvalue weighted by molar-refractivity contribution is -0.115. The molecule has 1 saturated heterocycles. The van der Waals surface area contributed by atoms with Crippen LogP contribution in [0.15, 0.2) is 52.4 Å². The zero-order chi connectivity index (χ0) is 16.4. The number of phenols is 1. The van der Waals surface area contributed by atoms with Gasteiger partial charge in [-0.3, -0.25) is 4.79 Å². The molecule has 7 heteroatoms. The molecule has 0 saturated carbocycles. The molecule has 116 valence electrons. The molecular weight excluding hydrogens is 355 g/mol. The maximum absolute atomic E-state index is 12.0. The highest BCUT2D eigenvalue weighted by Gasteiger charge is 2.23. The molecule has 0 aromatic heterocycles. The van der Waals surface area contributed by atoms with Crippen LogP contribution in [0.3, 0.4) is 0 Å². The molecule has 0 bridgehead atoms. The molecule has 3 rings (SSSR count). The van der Waals surface area contributed by atoms with Gasteiger partial charge in [-0.1, -0.05) is 35.3 Å². The first-order valence-electron chi connectivity index (χ1n) is 6.55. The van der Waals surface area contributed by atoms with Crippen LogP contribution in [-0.4, -0.2) is 16.2 Å². The van der Waals surface area contributed by atoms with Gasteiger partial charge in [-0.15, -0.1) is 0 Å². The molecule has 0 atom stereocenters. The fourth-order valence-electron chi connectivity index (χ4n) is 1.91. The van der Waals surface area contributed by atoms with E-state index in [0.717, 1.165) is 5.56 Å². The highest BCUT2D eigenvalue weighted by molar-refractivity contribution is 8.18. The Morgan fingerprint density at radius 2 is 2.00 bits per heavy atom. The van der Waals surface area contributed by atoms with Crippen molar-refractivity contribution < 1.29 is 9.90 Å². The van der Waals surface area contributed by atoms with Crippen LogP contribution < -0.4 is 5.32 Å². The molecule has 2 aromatic rings. The Morgan fingerprint density at radius 1 is 1.17 bits per heavy atom. The number of nitrogens with zero attached hydrogens (tertiary/aromatic N) is 1. The number of carbonyl (C=O) groups excluding carboxylic acids is 1. The number of phenolic OH excluding ortho intramolecular Hbond substituents is 1. The first-order chi connectivity index (χ1) is 11.0. The minimum atomic E-state index is -0.236. The zero-order valence-corrected chi connectivity index (χ0v) is 13.9. The van der Waals surface area contributed by atoms with Crippen LogP contribution in [0.2, 0.25) is 10.0 Å². The van der Waals surface area contributed by atoms with Crippen molar-refractivity contribution >= 4 is 57.8 Å². The molecule has 1 fully saturated rings. The SMILES string of the molecule is O=C1NC(=Nc2cccc(Cl)c2)SC1=Cc1ccc(O)c(Cl)c1. The van der Waals surface area contributed by atoms with E-state index in [4.69, 9.17) is 23.2 Å². The Bertz CT molecular complexity index is 850. The third-order valence-corrected chi connectivity index (χ3v) is 4.41. The van der Waals surface area contributed by atoms with Gasteiger partial charge in [0, 0.05) is 5.02 Å². The average molecular weight is 365 g/mol. The van der Waals surface area contributed by atoms with E-state index < -0.39 is 0 Å². The van der Waals surface area contributed by atoms with Crippen molar-refractivity contribution in [1.29, 1.82) is 0 Å². The summed E-state index contributed by atoms with van der Waals surface area (Å²) in [5.74, 6) is -0.236. The molecule has 23 heavy (non-hydrogen) atoms. The van der Waals surface area contributed by atoms with Crippen LogP contribution in [-0.2, 0) is 4.79 Å². The molecule has 1 aliphatic rings. The second-order valence-electron chi connectivity index (χ2n) is 4.67. The number of rotatable bonds is 2. The number of amidine groups is 1. The summed E-state index contributed by atoms with van der Waals surface area (Å²) < 4.78 is 0. The fourth-order valence-corrected chi connectivity index (χ4v) is 3.12. The van der Waals surface area contributed by atoms with Gasteiger partial charge in [0.25, 0.3) is 5.91 Å². The Balaban J connectivity index is 1.84. The van der Waals surface area contributed by atoms with Crippen molar-refractivity contribution in [2.24, 2.45) is 4.99 Å². The lowest BCUT2D eigenvalue weighted by Gasteiger charge is -1.98. The highest BCUT2D eigenvalue weighted by Crippen LogP contribution is 2.30. The van der Waals surface area contributed by atoms with Crippen LogP contribution in [0.4, 0.5) is 5.69 Å². The van der Waals surface area contributed by atoms with Crippen molar-refractivity contribution in [3.05, 3.63) is 63.0 Å². The second kappa shape index (κ2) is 6.66. The van der Waals surface area contributed by atoms with Gasteiger partial charge in [0.1, 0.15) is 5.75 Å². The van der Waals surface area contributed by atoms with Gasteiger partial charge in [-0.05, 0) is 53.7 Å². The van der Waals surface area contributed by atoms with Crippen molar-refractivity contribution in [1.82, 2.24) is 5.32 Å². The van der Waals surface area contributed by atoms with Crippen LogP contribution in [0.5, 0.6) is 5.75 Å². The molecule has 1 aliphatic heterocycles. The smallest absolute Gasteiger partial charge is 0.264 e. The van der Waals surface area contributed by atoms with E-state index in [-0.39, 0.29) is 16.7 Å². The van der Waals surface area contributed by atoms with Gasteiger partial charge in [-0.25, -0.2) is 4.99 Å². The molecule has 1 amide bonds. The predicted molar refractivity (Wildman–Crippen MR) is 95.4 cm³/mol. The summed E-state index contributed by atoms with van der Waals surface area (Å²) >= 11 is 13.0. The van der Waals surface area contributed by atoms with E-state index in [0.29, 0.717) is 20.8 Å². The van der Waals surface area contributed by atoms with Gasteiger partial charge in [0.15, 0.2) is 5.17 Å². The van der Waals surface area contributed by atoms with Gasteiger partial charge in [0.05, 0.1) is 15.6 Å². The summed E-state index contributed by atoms with van der Waals surface area (Å²) in [5.41, 5.74) is 1.38. The number of aromatic hydroxyl groups is 1. The predicted octanol–water partition coefficient (Wildman–Crippen LogP) is 4.59. The summed E-state index contributed by atoms with van der Waals surface area (Å²) in [6, 6.07) is 11.8. The van der Waals surface area contributed by atoms with Crippen molar-refractivity contribution in [2.45, 2.75) is 0 Å². The Hall–Kier alpha value is -1.95. The number of amides is 1. The first kappa shape index (κ1) is 15.9. The van der Waals surface area contributed by atoms with E-state index in [1.165, 1.54) is 17.8 Å². The third kappa shape index (κ3) is 3.88. The van der Waals surface area contributed by atoms with Crippen molar-refractivity contribution in [2.75, 3.05) is 0 Å². The van der Waals surface area contributed by atoms with Crippen molar-refractivity contribution in [3.63, 3.8) is 0 Å². The molecule has 0 spiro atoms. The average Bonchev–Trinajstić information content (AvgIpc) is 2.83. The molecule has 2 N–H and O–H groups in total. The highest BCUT2D eigenvalue weighted by atomic mass is 35.5. The number of carbonyl (C=O) groups is 1. The number of halogens is 2. The quantitative estimate of drug-likeness (QED) is 0.766. The largest absolute Gasteiger partial charge is 0.506 e. The normalized spacial score (nSPS) is 17.7. The second-order valence-corrected chi connectivity index (χ2v) is 6.55. The molecule has 0 radical (unpaired) electrons. The first-order valence-corrected chi connectivity index (χ1v) is 8.12. The number of thioether (sulfide) groups is 1. The van der Waals surface area contributed by atoms with Gasteiger partial charge >= 0.3 is 0 Å². The summed E-state index contributed by atoms with van der Waals surface area (Å²) in [4.78, 5) is 16.9. The maximum atomic E-state index is 12.0. The summed E-state index contributed by atoms with van der Waals surface area (Å²) in [7, 11) is 0. The number of hydrogen-bond acceptors (Lipinski definition) is 4. The van der Waals surface area contributed by atoms with Crippen LogP contribution in [0, 0.1) is 0 Å². The van der Waals surface area contributed by atoms with Gasteiger partial charge in [0.2, 0.25) is 0 Å². The summed E-state index contributed by atoms with van der Waals surface area (Å²) in [6.45, 7) is 0. The minimum Gasteiger partial charge on any atom is -0.506 e. The van der Waals surface area contributed by atoms with Gasteiger partial charge < -0.3 is 10.4 Å². The third-order valence-electron chi connectivity index (χ3n) is 2.96. The van der Waals surface area contributed by atoms with Crippen molar-refractivity contribution in [3.8, 4) is 5.75 Å². The number of hydrogen-bond donors (Lipinski definition) is 2. The lowest BCUT2D eigenvalue weighted by Crippen LogP contribution is -2.19. The molecule has 0 unspecified atom stereocenters. The van der Waals surface area contributed by atoms with E-state index in [1.807, 2.05) is 0 Å². The fraction of sp³-hybridized carbons (Fsp3) is 0. The maximum Gasteiger partial charge on any atom is 0.264 e. The minimum absolute atomic E-state index is 0.000510. The Kier molecular flexibility index (Phi) is 4.61. The number of benzene rings is 2. The van der Waals surface area contributed by atoms with Crippen LogP contribution in [0.25, 0.3) is 6.08 Å². The zero-order valence-electron chi connectivity index (χ0n) is 11.6. The molecule has 4 nitrogen and oxygen atoms in total. The molecular formula is C16H10Cl2N2O2S. The topological polar surface area (TPSA) is 61.7 Å². The van der Waals surface area contributed by atoms with E-state index in [1.54, 1.807) is 42.5 Å². The van der Waals surface area contributed by atoms with E-state index >= 15 is 0 Å². The Morgan fingerprint density at radius 3 is 2.74 bits per heavy atom. The number of nitrogens with one attached hydrogen (secondary N) is 1.